The smallest absolute Gasteiger partial charge is 0.338 e. The molecule has 1 aliphatic heterocycles. The number of cyclic esters (lactones) is 1. The molecule has 1 atom stereocenters. The summed E-state index contributed by atoms with van der Waals surface area (Å²) in [5.74, 6) is -0.683. The molecule has 2 aliphatic rings. The van der Waals surface area contributed by atoms with Crippen molar-refractivity contribution in [1.29, 1.82) is 0 Å². The first-order valence-corrected chi connectivity index (χ1v) is 9.50. The zero-order chi connectivity index (χ0) is 19.2. The highest BCUT2D eigenvalue weighted by Crippen LogP contribution is 2.27. The molecule has 145 valence electrons. The third-order valence-corrected chi connectivity index (χ3v) is 5.22. The molecule has 7 heteroatoms. The van der Waals surface area contributed by atoms with E-state index in [2.05, 4.69) is 10.6 Å². The van der Waals surface area contributed by atoms with Crippen LogP contribution in [0.3, 0.4) is 0 Å². The Balaban J connectivity index is 1.48. The third kappa shape index (κ3) is 5.21. The minimum atomic E-state index is -0.833. The van der Waals surface area contributed by atoms with Crippen molar-refractivity contribution in [1.82, 2.24) is 5.32 Å². The lowest BCUT2D eigenvalue weighted by Gasteiger charge is -2.22. The largest absolute Gasteiger partial charge is 0.457 e. The van der Waals surface area contributed by atoms with Crippen LogP contribution in [0.2, 0.25) is 0 Å². The van der Waals surface area contributed by atoms with Crippen LogP contribution in [0.1, 0.15) is 54.4 Å². The highest BCUT2D eigenvalue weighted by molar-refractivity contribution is 5.94. The van der Waals surface area contributed by atoms with Crippen LogP contribution in [0.25, 0.3) is 0 Å². The van der Waals surface area contributed by atoms with Crippen molar-refractivity contribution in [2.75, 3.05) is 11.9 Å². The molecule has 0 unspecified atom stereocenters. The van der Waals surface area contributed by atoms with Gasteiger partial charge in [0, 0.05) is 24.2 Å². The Bertz CT molecular complexity index is 713. The van der Waals surface area contributed by atoms with E-state index in [0.29, 0.717) is 17.2 Å². The van der Waals surface area contributed by atoms with Crippen molar-refractivity contribution in [2.24, 2.45) is 11.7 Å². The van der Waals surface area contributed by atoms with Crippen molar-refractivity contribution in [3.05, 3.63) is 35.7 Å². The van der Waals surface area contributed by atoms with Gasteiger partial charge in [-0.3, -0.25) is 9.59 Å². The van der Waals surface area contributed by atoms with Crippen molar-refractivity contribution >= 4 is 23.5 Å². The monoisotopic (exact) mass is 372 g/mol. The number of benzene rings is 1. The molecule has 27 heavy (non-hydrogen) atoms. The Hall–Kier alpha value is -2.57. The van der Waals surface area contributed by atoms with E-state index in [1.807, 2.05) is 0 Å². The van der Waals surface area contributed by atoms with Gasteiger partial charge in [0.1, 0.15) is 12.6 Å². The van der Waals surface area contributed by atoms with Gasteiger partial charge in [0.25, 0.3) is 0 Å². The fourth-order valence-corrected chi connectivity index (χ4v) is 3.59. The predicted octanol–water partition coefficient (Wildman–Crippen LogP) is 1.91. The van der Waals surface area contributed by atoms with E-state index in [9.17, 15) is 14.4 Å². The van der Waals surface area contributed by atoms with E-state index in [1.165, 1.54) is 19.3 Å². The van der Waals surface area contributed by atoms with Gasteiger partial charge in [0.15, 0.2) is 0 Å². The Morgan fingerprint density at radius 3 is 2.78 bits per heavy atom. The van der Waals surface area contributed by atoms with Crippen LogP contribution < -0.4 is 16.4 Å². The second kappa shape index (κ2) is 8.88. The molecule has 0 saturated heterocycles. The van der Waals surface area contributed by atoms with Gasteiger partial charge in [-0.2, -0.15) is 0 Å². The molecule has 1 aromatic rings. The molecule has 1 saturated carbocycles. The molecule has 3 rings (SSSR count). The summed E-state index contributed by atoms with van der Waals surface area (Å²) in [7, 11) is 0. The number of anilines is 1. The average molecular weight is 372 g/mol. The van der Waals surface area contributed by atoms with Crippen molar-refractivity contribution in [2.45, 2.75) is 51.2 Å². The molecule has 2 amide bonds. The highest BCUT2D eigenvalue weighted by atomic mass is 16.5. The maximum atomic E-state index is 12.1. The summed E-state index contributed by atoms with van der Waals surface area (Å²) in [6.45, 7) is 0.428. The van der Waals surface area contributed by atoms with Crippen LogP contribution in [-0.4, -0.2) is 30.4 Å². The lowest BCUT2D eigenvalue weighted by atomic mass is 9.86. The number of fused-ring (bicyclic) bond motifs is 1. The van der Waals surface area contributed by atoms with Crippen molar-refractivity contribution < 1.29 is 19.1 Å². The normalized spacial score (nSPS) is 17.7. The fraction of sp³-hybridized carbons (Fsp3) is 0.500. The molecule has 0 bridgehead atoms. The summed E-state index contributed by atoms with van der Waals surface area (Å²) < 4.78 is 4.97. The van der Waals surface area contributed by atoms with Gasteiger partial charge in [0.05, 0.1) is 5.56 Å². The molecule has 0 aromatic heterocycles. The lowest BCUT2D eigenvalue weighted by Crippen LogP contribution is -2.48. The van der Waals surface area contributed by atoms with E-state index in [-0.39, 0.29) is 25.0 Å². The molecule has 1 aliphatic carbocycles. The molecule has 1 heterocycles. The Morgan fingerprint density at radius 2 is 2.04 bits per heavy atom. The fourth-order valence-electron chi connectivity index (χ4n) is 3.59. The molecule has 1 fully saturated rings. The van der Waals surface area contributed by atoms with Crippen LogP contribution in [0.15, 0.2) is 18.2 Å². The SMILES string of the molecule is NC(=O)[C@H](CNc1ccc2c(c1)C(=O)OC2)NC(=O)[CH]CC1CCCCC1. The molecule has 1 aromatic carbocycles. The average Bonchev–Trinajstić information content (AvgIpc) is 3.04. The number of rotatable bonds is 8. The van der Waals surface area contributed by atoms with E-state index in [1.54, 1.807) is 24.6 Å². The minimum absolute atomic E-state index is 0.145. The number of ether oxygens (including phenoxy) is 1. The van der Waals surface area contributed by atoms with Crippen LogP contribution in [-0.2, 0) is 20.9 Å². The Kier molecular flexibility index (Phi) is 6.32. The van der Waals surface area contributed by atoms with E-state index < -0.39 is 11.9 Å². The summed E-state index contributed by atoms with van der Waals surface area (Å²) in [6.07, 6.45) is 8.40. The van der Waals surface area contributed by atoms with Crippen LogP contribution >= 0.6 is 0 Å². The standard InChI is InChI=1S/C20H26N3O4/c21-19(25)17(23-18(24)9-6-13-4-2-1-3-5-13)11-22-15-8-7-14-12-27-20(26)16(14)10-15/h7-10,13,17,22H,1-6,11-12H2,(H2,21,25)(H,23,24)/t17-/m0/s1. The summed E-state index contributed by atoms with van der Waals surface area (Å²) >= 11 is 0. The lowest BCUT2D eigenvalue weighted by molar-refractivity contribution is -0.125. The van der Waals surface area contributed by atoms with Crippen molar-refractivity contribution in [3.8, 4) is 0 Å². The van der Waals surface area contributed by atoms with E-state index in [4.69, 9.17) is 10.5 Å². The minimum Gasteiger partial charge on any atom is -0.457 e. The first-order valence-electron chi connectivity index (χ1n) is 9.50. The van der Waals surface area contributed by atoms with Crippen LogP contribution in [0.5, 0.6) is 0 Å². The molecule has 4 N–H and O–H groups in total. The predicted molar refractivity (Wildman–Crippen MR) is 101 cm³/mol. The van der Waals surface area contributed by atoms with Gasteiger partial charge in [-0.1, -0.05) is 38.2 Å². The maximum Gasteiger partial charge on any atom is 0.338 e. The summed E-state index contributed by atoms with van der Waals surface area (Å²) in [5, 5.41) is 5.71. The van der Waals surface area contributed by atoms with Crippen LogP contribution in [0, 0.1) is 12.3 Å². The number of amides is 2. The molecule has 0 spiro atoms. The first kappa shape index (κ1) is 19.2. The number of nitrogens with one attached hydrogen (secondary N) is 2. The van der Waals surface area contributed by atoms with Crippen LogP contribution in [0.4, 0.5) is 5.69 Å². The number of hydrogen-bond donors (Lipinski definition) is 3. The second-order valence-corrected chi connectivity index (χ2v) is 7.24. The van der Waals surface area contributed by atoms with Gasteiger partial charge >= 0.3 is 5.97 Å². The Labute approximate surface area is 159 Å². The van der Waals surface area contributed by atoms with Gasteiger partial charge < -0.3 is 21.1 Å². The number of nitrogens with two attached hydrogens (primary N) is 1. The second-order valence-electron chi connectivity index (χ2n) is 7.24. The third-order valence-electron chi connectivity index (χ3n) is 5.22. The van der Waals surface area contributed by atoms with Gasteiger partial charge in [-0.25, -0.2) is 4.79 Å². The number of carbonyl (C=O) groups is 3. The molecule has 7 nitrogen and oxygen atoms in total. The highest BCUT2D eigenvalue weighted by Gasteiger charge is 2.23. The molecule has 1 radical (unpaired) electrons. The number of carbonyl (C=O) groups excluding carboxylic acids is 3. The molecular weight excluding hydrogens is 346 g/mol. The maximum absolute atomic E-state index is 12.1. The zero-order valence-corrected chi connectivity index (χ0v) is 15.3. The van der Waals surface area contributed by atoms with E-state index in [0.717, 1.165) is 24.8 Å². The number of hydrogen-bond acceptors (Lipinski definition) is 5. The summed E-state index contributed by atoms with van der Waals surface area (Å²) in [5.41, 5.74) is 7.43. The Morgan fingerprint density at radius 1 is 1.26 bits per heavy atom. The summed E-state index contributed by atoms with van der Waals surface area (Å²) in [4.78, 5) is 35.5. The topological polar surface area (TPSA) is 111 Å². The quantitative estimate of drug-likeness (QED) is 0.604. The van der Waals surface area contributed by atoms with Crippen molar-refractivity contribution in [3.63, 3.8) is 0 Å². The van der Waals surface area contributed by atoms with Gasteiger partial charge in [-0.15, -0.1) is 0 Å². The zero-order valence-electron chi connectivity index (χ0n) is 15.3. The summed E-state index contributed by atoms with van der Waals surface area (Å²) in [6, 6.07) is 4.45. The van der Waals surface area contributed by atoms with Gasteiger partial charge in [0.2, 0.25) is 11.8 Å². The number of esters is 1. The van der Waals surface area contributed by atoms with Gasteiger partial charge in [-0.05, 0) is 24.5 Å². The van der Waals surface area contributed by atoms with E-state index >= 15 is 0 Å². The molecular formula is C20H26N3O4. The number of primary amides is 1. The first-order chi connectivity index (χ1) is 13.0.